The van der Waals surface area contributed by atoms with Gasteiger partial charge in [-0.3, -0.25) is 4.99 Å². The lowest BCUT2D eigenvalue weighted by Crippen LogP contribution is -2.38. The molecular formula is C14H24ClN3OS. The van der Waals surface area contributed by atoms with E-state index < -0.39 is 0 Å². The molecule has 0 bridgehead atoms. The van der Waals surface area contributed by atoms with Gasteiger partial charge in [-0.2, -0.15) is 0 Å². The van der Waals surface area contributed by atoms with Crippen LogP contribution in [0.2, 0.25) is 4.34 Å². The van der Waals surface area contributed by atoms with Crippen molar-refractivity contribution in [1.29, 1.82) is 0 Å². The third-order valence-electron chi connectivity index (χ3n) is 2.73. The summed E-state index contributed by atoms with van der Waals surface area (Å²) in [6.45, 7) is 5.42. The van der Waals surface area contributed by atoms with Gasteiger partial charge in [0, 0.05) is 38.2 Å². The van der Waals surface area contributed by atoms with Gasteiger partial charge in [0.1, 0.15) is 0 Å². The van der Waals surface area contributed by atoms with Crippen molar-refractivity contribution < 1.29 is 4.74 Å². The highest BCUT2D eigenvalue weighted by molar-refractivity contribution is 7.16. The van der Waals surface area contributed by atoms with E-state index in [2.05, 4.69) is 21.7 Å². The molecule has 1 heterocycles. The number of aliphatic imine (C=N–C) groups is 1. The van der Waals surface area contributed by atoms with Crippen molar-refractivity contribution in [2.24, 2.45) is 4.99 Å². The van der Waals surface area contributed by atoms with Gasteiger partial charge in [0.25, 0.3) is 0 Å². The maximum atomic E-state index is 5.90. The SMILES string of the molecule is CCOCCCCNC(=NC)NCCc1ccc(Cl)s1. The molecule has 1 rings (SSSR count). The van der Waals surface area contributed by atoms with Crippen molar-refractivity contribution in [3.8, 4) is 0 Å². The first kappa shape index (κ1) is 17.3. The molecule has 0 spiro atoms. The second-order valence-electron chi connectivity index (χ2n) is 4.29. The molecule has 0 aliphatic heterocycles. The molecule has 1 aromatic heterocycles. The fraction of sp³-hybridized carbons (Fsp3) is 0.643. The van der Waals surface area contributed by atoms with E-state index in [9.17, 15) is 0 Å². The highest BCUT2D eigenvalue weighted by atomic mass is 35.5. The summed E-state index contributed by atoms with van der Waals surface area (Å²) in [5.41, 5.74) is 0. The Kier molecular flexibility index (Phi) is 9.45. The molecule has 4 nitrogen and oxygen atoms in total. The van der Waals surface area contributed by atoms with Gasteiger partial charge in [0.2, 0.25) is 0 Å². The average Bonchev–Trinajstić information content (AvgIpc) is 2.86. The summed E-state index contributed by atoms with van der Waals surface area (Å²) in [6, 6.07) is 4.01. The number of hydrogen-bond acceptors (Lipinski definition) is 3. The molecule has 1 aromatic rings. The largest absolute Gasteiger partial charge is 0.382 e. The Balaban J connectivity index is 2.07. The topological polar surface area (TPSA) is 45.6 Å². The predicted molar refractivity (Wildman–Crippen MR) is 88.1 cm³/mol. The fourth-order valence-corrected chi connectivity index (χ4v) is 2.78. The minimum atomic E-state index is 0.795. The molecule has 2 N–H and O–H groups in total. The van der Waals surface area contributed by atoms with Crippen LogP contribution in [0.3, 0.4) is 0 Å². The molecule has 20 heavy (non-hydrogen) atoms. The molecule has 0 saturated heterocycles. The Hall–Kier alpha value is -0.780. The van der Waals surface area contributed by atoms with Crippen molar-refractivity contribution in [3.63, 3.8) is 0 Å². The molecule has 0 aliphatic carbocycles. The van der Waals surface area contributed by atoms with Gasteiger partial charge in [-0.1, -0.05) is 11.6 Å². The summed E-state index contributed by atoms with van der Waals surface area (Å²) >= 11 is 7.53. The van der Waals surface area contributed by atoms with Gasteiger partial charge in [0.05, 0.1) is 4.34 Å². The summed E-state index contributed by atoms with van der Waals surface area (Å²) in [7, 11) is 1.79. The van der Waals surface area contributed by atoms with Gasteiger partial charge in [-0.25, -0.2) is 0 Å². The molecule has 0 amide bonds. The number of ether oxygens (including phenoxy) is 1. The quantitative estimate of drug-likeness (QED) is 0.418. The maximum absolute atomic E-state index is 5.90. The van der Waals surface area contributed by atoms with Crippen LogP contribution in [0.25, 0.3) is 0 Å². The van der Waals surface area contributed by atoms with Crippen molar-refractivity contribution in [2.75, 3.05) is 33.4 Å². The van der Waals surface area contributed by atoms with Crippen LogP contribution < -0.4 is 10.6 Å². The van der Waals surface area contributed by atoms with Crippen LogP contribution in [0.4, 0.5) is 0 Å². The summed E-state index contributed by atoms with van der Waals surface area (Å²) in [5.74, 6) is 0.851. The smallest absolute Gasteiger partial charge is 0.190 e. The minimum absolute atomic E-state index is 0.795. The van der Waals surface area contributed by atoms with E-state index in [4.69, 9.17) is 16.3 Å². The van der Waals surface area contributed by atoms with Crippen molar-refractivity contribution in [2.45, 2.75) is 26.2 Å². The van der Waals surface area contributed by atoms with Crippen molar-refractivity contribution in [1.82, 2.24) is 10.6 Å². The lowest BCUT2D eigenvalue weighted by molar-refractivity contribution is 0.143. The van der Waals surface area contributed by atoms with Crippen LogP contribution >= 0.6 is 22.9 Å². The van der Waals surface area contributed by atoms with Gasteiger partial charge in [-0.15, -0.1) is 11.3 Å². The molecule has 0 aliphatic rings. The predicted octanol–water partition coefficient (Wildman–Crippen LogP) is 2.93. The van der Waals surface area contributed by atoms with Gasteiger partial charge < -0.3 is 15.4 Å². The lowest BCUT2D eigenvalue weighted by Gasteiger charge is -2.11. The average molecular weight is 318 g/mol. The number of halogens is 1. The molecule has 114 valence electrons. The number of guanidine groups is 1. The first-order valence-electron chi connectivity index (χ1n) is 7.02. The standard InChI is InChI=1S/C14H24ClN3OS/c1-3-19-11-5-4-9-17-14(16-2)18-10-8-12-6-7-13(15)20-12/h6-7H,3-5,8-11H2,1-2H3,(H2,16,17,18). The normalized spacial score (nSPS) is 11.7. The highest BCUT2D eigenvalue weighted by Crippen LogP contribution is 2.21. The first-order chi connectivity index (χ1) is 9.76. The number of nitrogens with zero attached hydrogens (tertiary/aromatic N) is 1. The van der Waals surface area contributed by atoms with Crippen LogP contribution in [0.5, 0.6) is 0 Å². The third-order valence-corrected chi connectivity index (χ3v) is 4.02. The Morgan fingerprint density at radius 2 is 2.10 bits per heavy atom. The number of unbranched alkanes of at least 4 members (excludes halogenated alkanes) is 1. The van der Waals surface area contributed by atoms with E-state index in [0.717, 1.165) is 55.9 Å². The molecule has 0 fully saturated rings. The summed E-state index contributed by atoms with van der Waals surface area (Å²) < 4.78 is 6.14. The molecule has 0 radical (unpaired) electrons. The van der Waals surface area contributed by atoms with E-state index in [1.54, 1.807) is 18.4 Å². The van der Waals surface area contributed by atoms with Crippen LogP contribution in [-0.2, 0) is 11.2 Å². The monoisotopic (exact) mass is 317 g/mol. The third kappa shape index (κ3) is 7.72. The maximum Gasteiger partial charge on any atom is 0.190 e. The molecule has 0 atom stereocenters. The number of thiophene rings is 1. The zero-order chi connectivity index (χ0) is 14.6. The van der Waals surface area contributed by atoms with E-state index in [0.29, 0.717) is 0 Å². The van der Waals surface area contributed by atoms with Crippen LogP contribution in [0, 0.1) is 0 Å². The van der Waals surface area contributed by atoms with Crippen LogP contribution in [0.15, 0.2) is 17.1 Å². The van der Waals surface area contributed by atoms with E-state index in [-0.39, 0.29) is 0 Å². The van der Waals surface area contributed by atoms with Gasteiger partial charge in [0.15, 0.2) is 5.96 Å². The van der Waals surface area contributed by atoms with Crippen LogP contribution in [-0.4, -0.2) is 39.3 Å². The first-order valence-corrected chi connectivity index (χ1v) is 8.22. The second-order valence-corrected chi connectivity index (χ2v) is 6.09. The zero-order valence-corrected chi connectivity index (χ0v) is 13.8. The van der Waals surface area contributed by atoms with Gasteiger partial charge >= 0.3 is 0 Å². The molecule has 6 heteroatoms. The Bertz CT molecular complexity index is 396. The number of hydrogen-bond donors (Lipinski definition) is 2. The Labute approximate surface area is 130 Å². The molecule has 0 saturated carbocycles. The van der Waals surface area contributed by atoms with Crippen molar-refractivity contribution >= 4 is 28.9 Å². The van der Waals surface area contributed by atoms with E-state index in [1.165, 1.54) is 4.88 Å². The van der Waals surface area contributed by atoms with Gasteiger partial charge in [-0.05, 0) is 38.3 Å². The second kappa shape index (κ2) is 10.9. The Morgan fingerprint density at radius 3 is 2.75 bits per heavy atom. The Morgan fingerprint density at radius 1 is 1.30 bits per heavy atom. The zero-order valence-electron chi connectivity index (χ0n) is 12.2. The van der Waals surface area contributed by atoms with Crippen molar-refractivity contribution in [3.05, 3.63) is 21.3 Å². The van der Waals surface area contributed by atoms with E-state index in [1.807, 2.05) is 13.0 Å². The molecular weight excluding hydrogens is 294 g/mol. The molecule has 0 unspecified atom stereocenters. The highest BCUT2D eigenvalue weighted by Gasteiger charge is 2.00. The molecule has 0 aromatic carbocycles. The fourth-order valence-electron chi connectivity index (χ4n) is 1.69. The summed E-state index contributed by atoms with van der Waals surface area (Å²) in [4.78, 5) is 5.49. The summed E-state index contributed by atoms with van der Waals surface area (Å²) in [5, 5.41) is 6.60. The number of nitrogens with one attached hydrogen (secondary N) is 2. The lowest BCUT2D eigenvalue weighted by atomic mass is 10.3. The number of rotatable bonds is 9. The summed E-state index contributed by atoms with van der Waals surface area (Å²) in [6.07, 6.45) is 3.12. The van der Waals surface area contributed by atoms with E-state index >= 15 is 0 Å². The van der Waals surface area contributed by atoms with Crippen LogP contribution in [0.1, 0.15) is 24.6 Å². The minimum Gasteiger partial charge on any atom is -0.382 e.